The summed E-state index contributed by atoms with van der Waals surface area (Å²) in [6.45, 7) is 5.83. The molecule has 8 unspecified atom stereocenters. The van der Waals surface area contributed by atoms with Crippen molar-refractivity contribution >= 4 is 6.16 Å². The molecule has 0 saturated heterocycles. The fraction of sp³-hybridized carbons (Fsp3) is 0.973. The minimum absolute atomic E-state index is 0.106. The van der Waals surface area contributed by atoms with Crippen molar-refractivity contribution in [2.24, 2.45) is 41.4 Å². The first-order chi connectivity index (χ1) is 19.9. The smallest absolute Gasteiger partial charge is 0.450 e. The molecule has 0 bridgehead atoms. The van der Waals surface area contributed by atoms with E-state index in [2.05, 4.69) is 32.8 Å². The van der Waals surface area contributed by atoms with Gasteiger partial charge in [-0.05, 0) is 139 Å². The Bertz CT molecular complexity index is 696. The molecule has 4 heteroatoms. The second kappa shape index (κ2) is 19.5. The molecule has 0 aromatic carbocycles. The Morgan fingerprint density at radius 3 is 1.80 bits per heavy atom. The highest BCUT2D eigenvalue weighted by Gasteiger charge is 2.48. The molecule has 0 spiro atoms. The van der Waals surface area contributed by atoms with Gasteiger partial charge in [-0.15, -0.1) is 0 Å². The molecule has 4 nitrogen and oxygen atoms in total. The number of carbonyl (C=O) groups is 1. The van der Waals surface area contributed by atoms with Gasteiger partial charge in [-0.25, -0.2) is 4.79 Å². The van der Waals surface area contributed by atoms with Gasteiger partial charge in [0, 0.05) is 0 Å². The summed E-state index contributed by atoms with van der Waals surface area (Å²) >= 11 is 0. The zero-order valence-corrected chi connectivity index (χ0v) is 27.8. The maximum atomic E-state index is 11.3. The van der Waals surface area contributed by atoms with Gasteiger partial charge in [0.15, 0.2) is 0 Å². The Kier molecular flexibility index (Phi) is 16.5. The Labute approximate surface area is 255 Å². The molecule has 1 N–H and O–H groups in total. The van der Waals surface area contributed by atoms with Gasteiger partial charge in [0.2, 0.25) is 0 Å². The number of carboxylic acid groups (broad SMARTS) is 1. The molecule has 3 aliphatic carbocycles. The van der Waals surface area contributed by atoms with Crippen LogP contribution in [0.5, 0.6) is 0 Å². The monoisotopic (exact) mass is 576 g/mol. The Morgan fingerprint density at radius 2 is 1.20 bits per heavy atom. The summed E-state index contributed by atoms with van der Waals surface area (Å²) in [5, 5.41) is 9.25. The van der Waals surface area contributed by atoms with Gasteiger partial charge >= 0.3 is 6.16 Å². The molecule has 3 saturated carbocycles. The minimum atomic E-state index is -1.09. The van der Waals surface area contributed by atoms with E-state index >= 15 is 0 Å². The molecule has 240 valence electrons. The van der Waals surface area contributed by atoms with Crippen molar-refractivity contribution in [2.45, 2.75) is 168 Å². The molecule has 0 radical (unpaired) electrons. The summed E-state index contributed by atoms with van der Waals surface area (Å²) < 4.78 is 5.30. The summed E-state index contributed by atoms with van der Waals surface area (Å²) in [5.74, 6) is 7.30. The number of hydrogen-bond donors (Lipinski definition) is 1. The average molecular weight is 576 g/mol. The lowest BCUT2D eigenvalue weighted by Crippen LogP contribution is -2.17. The summed E-state index contributed by atoms with van der Waals surface area (Å²) in [5.41, 5.74) is 0. The van der Waals surface area contributed by atoms with E-state index in [-0.39, 0.29) is 6.10 Å². The molecule has 0 amide bonds. The topological polar surface area (TPSA) is 49.8 Å². The molecule has 0 aromatic heterocycles. The third kappa shape index (κ3) is 15.5. The number of hydrogen-bond acceptors (Lipinski definition) is 3. The average Bonchev–Trinajstić information content (AvgIpc) is 3.86. The lowest BCUT2D eigenvalue weighted by atomic mass is 9.90. The van der Waals surface area contributed by atoms with Crippen LogP contribution in [0, 0.1) is 41.4 Å². The Morgan fingerprint density at radius 1 is 0.683 bits per heavy atom. The van der Waals surface area contributed by atoms with Crippen LogP contribution in [0.2, 0.25) is 0 Å². The first kappa shape index (κ1) is 34.7. The molecule has 0 aromatic rings. The predicted molar refractivity (Wildman–Crippen MR) is 173 cm³/mol. The van der Waals surface area contributed by atoms with Gasteiger partial charge in [0.1, 0.15) is 6.10 Å². The lowest BCUT2D eigenvalue weighted by Gasteiger charge is -2.20. The maximum Gasteiger partial charge on any atom is 0.506 e. The number of rotatable bonds is 27. The van der Waals surface area contributed by atoms with Crippen LogP contribution < -0.4 is 0 Å². The van der Waals surface area contributed by atoms with E-state index in [9.17, 15) is 9.90 Å². The number of nitrogens with zero attached hydrogens (tertiary/aromatic N) is 1. The second-order valence-corrected chi connectivity index (χ2v) is 15.1. The fourth-order valence-corrected chi connectivity index (χ4v) is 8.01. The molecule has 41 heavy (non-hydrogen) atoms. The summed E-state index contributed by atoms with van der Waals surface area (Å²) in [6.07, 6.45) is 29.2. The van der Waals surface area contributed by atoms with Crippen molar-refractivity contribution < 1.29 is 14.6 Å². The second-order valence-electron chi connectivity index (χ2n) is 15.1. The summed E-state index contributed by atoms with van der Waals surface area (Å²) in [4.78, 5) is 13.6. The van der Waals surface area contributed by atoms with Crippen LogP contribution in [0.4, 0.5) is 4.79 Å². The van der Waals surface area contributed by atoms with Crippen LogP contribution in [-0.2, 0) is 4.74 Å². The molecule has 8 atom stereocenters. The molecule has 0 aliphatic heterocycles. The SMILES string of the molecule is CCCCCCCCCCC(CCCCC(CCCN(C)C)CCC1CC1CC1CC1CC1CC1CC)OC(=O)O. The van der Waals surface area contributed by atoms with E-state index in [4.69, 9.17) is 4.74 Å². The van der Waals surface area contributed by atoms with Crippen LogP contribution in [0.1, 0.15) is 162 Å². The van der Waals surface area contributed by atoms with Crippen LogP contribution in [0.25, 0.3) is 0 Å². The van der Waals surface area contributed by atoms with Gasteiger partial charge in [0.25, 0.3) is 0 Å². The molecule has 3 fully saturated rings. The van der Waals surface area contributed by atoms with Gasteiger partial charge in [-0.2, -0.15) is 0 Å². The Balaban J connectivity index is 1.27. The Hall–Kier alpha value is -0.770. The first-order valence-electron chi connectivity index (χ1n) is 18.4. The normalized spacial score (nSPS) is 28.0. The summed E-state index contributed by atoms with van der Waals surface area (Å²) in [7, 11) is 4.38. The van der Waals surface area contributed by atoms with Crippen molar-refractivity contribution in [2.75, 3.05) is 20.6 Å². The van der Waals surface area contributed by atoms with E-state index in [1.165, 1.54) is 109 Å². The van der Waals surface area contributed by atoms with Gasteiger partial charge < -0.3 is 14.7 Å². The third-order valence-electron chi connectivity index (χ3n) is 11.1. The maximum absolute atomic E-state index is 11.3. The van der Waals surface area contributed by atoms with Gasteiger partial charge in [-0.1, -0.05) is 84.5 Å². The molecular weight excluding hydrogens is 506 g/mol. The van der Waals surface area contributed by atoms with Crippen molar-refractivity contribution in [1.29, 1.82) is 0 Å². The zero-order valence-electron chi connectivity index (χ0n) is 27.8. The van der Waals surface area contributed by atoms with E-state index in [0.717, 1.165) is 67.1 Å². The quantitative estimate of drug-likeness (QED) is 0.0781. The van der Waals surface area contributed by atoms with Crippen LogP contribution in [-0.4, -0.2) is 42.9 Å². The summed E-state index contributed by atoms with van der Waals surface area (Å²) in [6, 6.07) is 0. The highest BCUT2D eigenvalue weighted by atomic mass is 16.7. The van der Waals surface area contributed by atoms with E-state index in [1.54, 1.807) is 19.3 Å². The van der Waals surface area contributed by atoms with Gasteiger partial charge in [0.05, 0.1) is 0 Å². The van der Waals surface area contributed by atoms with Crippen LogP contribution in [0.3, 0.4) is 0 Å². The molecule has 0 heterocycles. The van der Waals surface area contributed by atoms with Crippen molar-refractivity contribution in [3.05, 3.63) is 0 Å². The number of unbranched alkanes of at least 4 members (excludes halogenated alkanes) is 8. The molecule has 3 aliphatic rings. The van der Waals surface area contributed by atoms with Crippen LogP contribution >= 0.6 is 0 Å². The molecular formula is C37H69NO3. The van der Waals surface area contributed by atoms with E-state index in [1.807, 2.05) is 0 Å². The van der Waals surface area contributed by atoms with Crippen molar-refractivity contribution in [3.8, 4) is 0 Å². The highest BCUT2D eigenvalue weighted by Crippen LogP contribution is 2.58. The zero-order chi connectivity index (χ0) is 29.5. The third-order valence-corrected chi connectivity index (χ3v) is 11.1. The van der Waals surface area contributed by atoms with E-state index < -0.39 is 6.16 Å². The molecule has 3 rings (SSSR count). The first-order valence-corrected chi connectivity index (χ1v) is 18.4. The predicted octanol–water partition coefficient (Wildman–Crippen LogP) is 11.0. The highest BCUT2D eigenvalue weighted by molar-refractivity contribution is 5.57. The van der Waals surface area contributed by atoms with Crippen molar-refractivity contribution in [3.63, 3.8) is 0 Å². The fourth-order valence-electron chi connectivity index (χ4n) is 8.01. The number of ether oxygens (including phenoxy) is 1. The minimum Gasteiger partial charge on any atom is -0.450 e. The standard InChI is InChI=1S/C37H69NO3/c1-5-7-8-9-10-11-12-13-19-36(41-37(39)40)20-15-14-17-29(18-16-23-38(3)4)21-22-31-25-33(31)27-35-28-34(35)26-32-24-30(32)6-2/h29-36H,5-28H2,1-4H3,(H,39,40). The van der Waals surface area contributed by atoms with Gasteiger partial charge in [-0.3, -0.25) is 0 Å². The van der Waals surface area contributed by atoms with Crippen LogP contribution in [0.15, 0.2) is 0 Å². The lowest BCUT2D eigenvalue weighted by molar-refractivity contribution is 0.0421. The van der Waals surface area contributed by atoms with Crippen molar-refractivity contribution in [1.82, 2.24) is 4.90 Å². The van der Waals surface area contributed by atoms with E-state index in [0.29, 0.717) is 0 Å². The largest absolute Gasteiger partial charge is 0.506 e.